The molecular weight excluding hydrogens is 309 g/mol. The molecule has 1 aromatic rings. The Bertz CT molecular complexity index is 667. The quantitative estimate of drug-likeness (QED) is 0.830. The molecule has 0 bridgehead atoms. The zero-order valence-corrected chi connectivity index (χ0v) is 12.2. The van der Waals surface area contributed by atoms with Gasteiger partial charge in [-0.2, -0.15) is 17.9 Å². The van der Waals surface area contributed by atoms with E-state index in [4.69, 9.17) is 10.5 Å². The molecule has 21 heavy (non-hydrogen) atoms. The summed E-state index contributed by atoms with van der Waals surface area (Å²) in [6, 6.07) is 2.47. The molecule has 0 heterocycles. The lowest BCUT2D eigenvalue weighted by atomic mass is 10.2. The highest BCUT2D eigenvalue weighted by Gasteiger charge is 2.65. The molecule has 0 unspecified atom stereocenters. The molecular formula is C12H15F3N2O3S. The number of rotatable bonds is 4. The van der Waals surface area contributed by atoms with Crippen LogP contribution in [0.1, 0.15) is 18.4 Å². The maximum absolute atomic E-state index is 12.9. The third kappa shape index (κ3) is 2.80. The average Bonchev–Trinajstić information content (AvgIpc) is 3.11. The summed E-state index contributed by atoms with van der Waals surface area (Å²) in [5.74, 6) is -0.0489. The number of halogens is 3. The van der Waals surface area contributed by atoms with Gasteiger partial charge in [-0.3, -0.25) is 0 Å². The van der Waals surface area contributed by atoms with E-state index in [2.05, 4.69) is 0 Å². The summed E-state index contributed by atoms with van der Waals surface area (Å²) < 4.78 is 69.8. The number of anilines is 1. The molecule has 0 atom stereocenters. The van der Waals surface area contributed by atoms with Gasteiger partial charge < -0.3 is 10.5 Å². The first-order chi connectivity index (χ1) is 9.52. The van der Waals surface area contributed by atoms with Crippen LogP contribution in [0.2, 0.25) is 0 Å². The molecule has 1 saturated carbocycles. The smallest absolute Gasteiger partial charge is 0.407 e. The number of benzene rings is 1. The van der Waals surface area contributed by atoms with E-state index in [1.165, 1.54) is 13.2 Å². The highest BCUT2D eigenvalue weighted by molar-refractivity contribution is 7.89. The number of hydrogen-bond donors (Lipinski definition) is 2. The van der Waals surface area contributed by atoms with Crippen molar-refractivity contribution in [2.45, 2.75) is 36.4 Å². The predicted molar refractivity (Wildman–Crippen MR) is 70.5 cm³/mol. The fourth-order valence-corrected chi connectivity index (χ4v) is 3.56. The van der Waals surface area contributed by atoms with Gasteiger partial charge in [0.25, 0.3) is 0 Å². The molecule has 0 aliphatic heterocycles. The summed E-state index contributed by atoms with van der Waals surface area (Å²) in [5.41, 5.74) is 3.99. The first kappa shape index (κ1) is 15.9. The van der Waals surface area contributed by atoms with E-state index in [1.807, 2.05) is 0 Å². The van der Waals surface area contributed by atoms with Gasteiger partial charge in [0.1, 0.15) is 16.2 Å². The molecule has 0 spiro atoms. The van der Waals surface area contributed by atoms with E-state index in [1.54, 1.807) is 11.6 Å². The van der Waals surface area contributed by atoms with Gasteiger partial charge in [-0.05, 0) is 37.5 Å². The van der Waals surface area contributed by atoms with Gasteiger partial charge in [0.15, 0.2) is 0 Å². The van der Waals surface area contributed by atoms with Crippen molar-refractivity contribution >= 4 is 15.7 Å². The van der Waals surface area contributed by atoms with Crippen LogP contribution in [0.25, 0.3) is 0 Å². The summed E-state index contributed by atoms with van der Waals surface area (Å²) in [7, 11) is -3.16. The lowest BCUT2D eigenvalue weighted by Crippen LogP contribution is -2.47. The SMILES string of the molecule is COc1cc(C)c(N)cc1S(=O)(=O)NC1(C(F)(F)F)CC1. The molecule has 0 aromatic heterocycles. The number of nitrogens with two attached hydrogens (primary N) is 1. The van der Waals surface area contributed by atoms with Gasteiger partial charge in [-0.15, -0.1) is 0 Å². The lowest BCUT2D eigenvalue weighted by molar-refractivity contribution is -0.160. The summed E-state index contributed by atoms with van der Waals surface area (Å²) in [4.78, 5) is -0.399. The van der Waals surface area contributed by atoms with Crippen LogP contribution in [0.3, 0.4) is 0 Å². The van der Waals surface area contributed by atoms with Gasteiger partial charge in [0, 0.05) is 5.69 Å². The fourth-order valence-electron chi connectivity index (χ4n) is 1.93. The van der Waals surface area contributed by atoms with Crippen molar-refractivity contribution in [3.8, 4) is 5.75 Å². The molecule has 2 rings (SSSR count). The Morgan fingerprint density at radius 3 is 2.33 bits per heavy atom. The van der Waals surface area contributed by atoms with Crippen LogP contribution in [0.5, 0.6) is 5.75 Å². The lowest BCUT2D eigenvalue weighted by Gasteiger charge is -2.21. The molecule has 5 nitrogen and oxygen atoms in total. The Balaban J connectivity index is 2.44. The van der Waals surface area contributed by atoms with Crippen molar-refractivity contribution in [1.82, 2.24) is 4.72 Å². The highest BCUT2D eigenvalue weighted by Crippen LogP contribution is 2.50. The zero-order chi connectivity index (χ0) is 16.1. The molecule has 1 aromatic carbocycles. The highest BCUT2D eigenvalue weighted by atomic mass is 32.2. The maximum Gasteiger partial charge on any atom is 0.407 e. The Morgan fingerprint density at radius 1 is 1.33 bits per heavy atom. The summed E-state index contributed by atoms with van der Waals surface area (Å²) in [6.07, 6.45) is -5.19. The Hall–Kier alpha value is -1.48. The van der Waals surface area contributed by atoms with E-state index >= 15 is 0 Å². The van der Waals surface area contributed by atoms with Gasteiger partial charge in [-0.25, -0.2) is 8.42 Å². The van der Waals surface area contributed by atoms with Gasteiger partial charge in [0.05, 0.1) is 7.11 Å². The average molecular weight is 324 g/mol. The number of nitrogens with one attached hydrogen (secondary N) is 1. The normalized spacial score (nSPS) is 17.6. The van der Waals surface area contributed by atoms with Crippen LogP contribution in [0, 0.1) is 6.92 Å². The molecule has 0 saturated heterocycles. The minimum Gasteiger partial charge on any atom is -0.495 e. The van der Waals surface area contributed by atoms with Crippen LogP contribution in [-0.2, 0) is 10.0 Å². The van der Waals surface area contributed by atoms with Crippen LogP contribution < -0.4 is 15.2 Å². The van der Waals surface area contributed by atoms with Crippen molar-refractivity contribution < 1.29 is 26.3 Å². The Labute approximate surface area is 120 Å². The van der Waals surface area contributed by atoms with Crippen molar-refractivity contribution in [2.75, 3.05) is 12.8 Å². The minimum atomic E-state index is -4.64. The number of hydrogen-bond acceptors (Lipinski definition) is 4. The van der Waals surface area contributed by atoms with E-state index in [0.29, 0.717) is 5.56 Å². The van der Waals surface area contributed by atoms with Crippen LogP contribution in [0.4, 0.5) is 18.9 Å². The second kappa shape index (κ2) is 4.77. The van der Waals surface area contributed by atoms with Crippen molar-refractivity contribution in [3.63, 3.8) is 0 Å². The monoisotopic (exact) mass is 324 g/mol. The number of sulfonamides is 1. The second-order valence-electron chi connectivity index (χ2n) is 5.05. The van der Waals surface area contributed by atoms with Crippen molar-refractivity contribution in [1.29, 1.82) is 0 Å². The van der Waals surface area contributed by atoms with Crippen molar-refractivity contribution in [2.24, 2.45) is 0 Å². The van der Waals surface area contributed by atoms with Crippen molar-refractivity contribution in [3.05, 3.63) is 17.7 Å². The largest absolute Gasteiger partial charge is 0.495 e. The summed E-state index contributed by atoms with van der Waals surface area (Å²) >= 11 is 0. The number of nitrogen functional groups attached to an aromatic ring is 1. The Kier molecular flexibility index (Phi) is 3.61. The van der Waals surface area contributed by atoms with E-state index in [0.717, 1.165) is 6.07 Å². The first-order valence-corrected chi connectivity index (χ1v) is 7.55. The van der Waals surface area contributed by atoms with Gasteiger partial charge in [0.2, 0.25) is 10.0 Å². The number of ether oxygens (including phenoxy) is 1. The fraction of sp³-hybridized carbons (Fsp3) is 0.500. The first-order valence-electron chi connectivity index (χ1n) is 6.07. The molecule has 118 valence electrons. The standard InChI is InChI=1S/C12H15F3N2O3S/c1-7-5-9(20-2)10(6-8(7)16)21(18,19)17-11(3-4-11)12(13,14)15/h5-6,17H,3-4,16H2,1-2H3. The Morgan fingerprint density at radius 2 is 1.90 bits per heavy atom. The molecule has 0 amide bonds. The molecule has 1 aliphatic rings. The summed E-state index contributed by atoms with van der Waals surface area (Å²) in [6.45, 7) is 1.64. The minimum absolute atomic E-state index is 0.0489. The topological polar surface area (TPSA) is 81.4 Å². The van der Waals surface area contributed by atoms with E-state index in [9.17, 15) is 21.6 Å². The van der Waals surface area contributed by atoms with Crippen LogP contribution in [-0.4, -0.2) is 27.2 Å². The van der Waals surface area contributed by atoms with Gasteiger partial charge in [-0.1, -0.05) is 0 Å². The maximum atomic E-state index is 12.9. The molecule has 9 heteroatoms. The van der Waals surface area contributed by atoms with Crippen LogP contribution in [0.15, 0.2) is 17.0 Å². The number of methoxy groups -OCH3 is 1. The zero-order valence-electron chi connectivity index (χ0n) is 11.4. The molecule has 0 radical (unpaired) electrons. The third-order valence-electron chi connectivity index (χ3n) is 3.46. The van der Waals surface area contributed by atoms with E-state index in [-0.39, 0.29) is 24.3 Å². The van der Waals surface area contributed by atoms with Crippen LogP contribution >= 0.6 is 0 Å². The molecule has 1 fully saturated rings. The second-order valence-corrected chi connectivity index (χ2v) is 6.70. The predicted octanol–water partition coefficient (Wildman–Crippen LogP) is 1.96. The van der Waals surface area contributed by atoms with E-state index < -0.39 is 26.6 Å². The third-order valence-corrected chi connectivity index (χ3v) is 5.02. The molecule has 1 aliphatic carbocycles. The summed E-state index contributed by atoms with van der Waals surface area (Å²) in [5, 5.41) is 0. The number of alkyl halides is 3. The molecule has 3 N–H and O–H groups in total. The number of aryl methyl sites for hydroxylation is 1. The van der Waals surface area contributed by atoms with Gasteiger partial charge >= 0.3 is 6.18 Å².